The number of benzene rings is 2. The Balaban J connectivity index is 0.000000219. The average molecular weight is 1080 g/mol. The number of fused-ring (bicyclic) bond motifs is 2. The number of sulfonamides is 2. The summed E-state index contributed by atoms with van der Waals surface area (Å²) >= 11 is 0. The van der Waals surface area contributed by atoms with Crippen molar-refractivity contribution in [3.8, 4) is 34.3 Å². The van der Waals surface area contributed by atoms with E-state index in [1.165, 1.54) is 20.7 Å². The van der Waals surface area contributed by atoms with Crippen molar-refractivity contribution in [3.05, 3.63) is 90.7 Å². The number of rotatable bonds is 22. The Morgan fingerprint density at radius 2 is 1.07 bits per heavy atom. The van der Waals surface area contributed by atoms with E-state index < -0.39 is 25.1 Å². The Labute approximate surface area is 437 Å². The van der Waals surface area contributed by atoms with Crippen LogP contribution in [0.25, 0.3) is 44.8 Å². The Hall–Kier alpha value is -6.14. The molecule has 0 amide bonds. The average Bonchev–Trinajstić information content (AvgIpc) is 3.90. The van der Waals surface area contributed by atoms with E-state index in [1.807, 2.05) is 33.3 Å². The molecule has 0 bridgehead atoms. The molecule has 0 aliphatic carbocycles. The van der Waals surface area contributed by atoms with Gasteiger partial charge in [-0.25, -0.2) is 26.8 Å². The maximum Gasteiger partial charge on any atom is 0.294 e. The molecule has 2 saturated heterocycles. The summed E-state index contributed by atoms with van der Waals surface area (Å²) in [6.07, 6.45) is 12.5. The standard InChI is InChI=1S/C26H35N5O7S.C26H36N4O5S/c1-4-6-19-17-29(3)24-23(19)27-25(28-26(24)32)21-16-20(7-8-22(21)37-14-5-2)39(35,36)30-12-9-18(10-13-30)11-15-38-31(33)34;1-4-6-19-17-29(3)24-23(19)27-25(28-26(24)32)21-16-20(7-8-22(21)35-15-5-2)36(33,34)30-12-9-18(10-13-30)11-14-31/h7-8,16-18H,4-6,9-15H2,1-3H3,(H,27,28,32);7-8,16-18,31H,4-6,9-15H2,1-3H3,(H,27,28,32). The quantitative estimate of drug-likeness (QED) is 0.0451. The second-order valence-electron chi connectivity index (χ2n) is 19.3. The molecule has 2 aliphatic heterocycles. The van der Waals surface area contributed by atoms with Gasteiger partial charge in [0.25, 0.3) is 16.2 Å². The zero-order valence-electron chi connectivity index (χ0n) is 43.8. The third kappa shape index (κ3) is 12.9. The minimum Gasteiger partial charge on any atom is -0.493 e. The van der Waals surface area contributed by atoms with Crippen LogP contribution in [0.3, 0.4) is 0 Å². The Kier molecular flexibility index (Phi) is 19.0. The fourth-order valence-electron chi connectivity index (χ4n) is 9.95. The molecule has 21 nitrogen and oxygen atoms in total. The normalized spacial score (nSPS) is 15.3. The molecule has 8 rings (SSSR count). The second kappa shape index (κ2) is 25.1. The van der Waals surface area contributed by atoms with E-state index in [4.69, 9.17) is 19.4 Å². The Morgan fingerprint density at radius 3 is 1.44 bits per heavy atom. The van der Waals surface area contributed by atoms with Crippen LogP contribution in [-0.4, -0.2) is 117 Å². The lowest BCUT2D eigenvalue weighted by Crippen LogP contribution is -2.38. The predicted octanol–water partition coefficient (Wildman–Crippen LogP) is 7.12. The van der Waals surface area contributed by atoms with E-state index in [-0.39, 0.29) is 45.9 Å². The van der Waals surface area contributed by atoms with E-state index in [2.05, 4.69) is 28.7 Å². The minimum atomic E-state index is -3.84. The molecule has 0 saturated carbocycles. The van der Waals surface area contributed by atoms with Crippen LogP contribution in [-0.2, 0) is 51.8 Å². The molecular formula is C52H71N9O12S2. The number of hydrogen-bond donors (Lipinski definition) is 3. The van der Waals surface area contributed by atoms with Crippen LogP contribution >= 0.6 is 0 Å². The molecule has 408 valence electrons. The van der Waals surface area contributed by atoms with Gasteiger partial charge >= 0.3 is 0 Å². The van der Waals surface area contributed by atoms with Gasteiger partial charge in [0.15, 0.2) is 0 Å². The first-order valence-electron chi connectivity index (χ1n) is 26.0. The van der Waals surface area contributed by atoms with Gasteiger partial charge in [-0.05, 0) is 124 Å². The fraction of sp³-hybridized carbons (Fsp3) is 0.538. The highest BCUT2D eigenvalue weighted by Gasteiger charge is 2.32. The van der Waals surface area contributed by atoms with Crippen LogP contribution in [0.4, 0.5) is 0 Å². The molecule has 0 unspecified atom stereocenters. The molecule has 23 heteroatoms. The number of aromatic amines is 2. The van der Waals surface area contributed by atoms with Gasteiger partial charge in [0.05, 0.1) is 51.8 Å². The van der Waals surface area contributed by atoms with Crippen molar-refractivity contribution >= 4 is 42.1 Å². The van der Waals surface area contributed by atoms with Gasteiger partial charge in [-0.3, -0.25) is 9.59 Å². The summed E-state index contributed by atoms with van der Waals surface area (Å²) in [5.41, 5.74) is 4.38. The number of hydrogen-bond acceptors (Lipinski definition) is 14. The predicted molar refractivity (Wildman–Crippen MR) is 285 cm³/mol. The maximum absolute atomic E-state index is 13.6. The second-order valence-corrected chi connectivity index (χ2v) is 23.2. The van der Waals surface area contributed by atoms with Gasteiger partial charge in [0, 0.05) is 59.3 Å². The van der Waals surface area contributed by atoms with Crippen molar-refractivity contribution in [2.45, 2.75) is 115 Å². The molecule has 75 heavy (non-hydrogen) atoms. The highest BCUT2D eigenvalue weighted by Crippen LogP contribution is 2.36. The van der Waals surface area contributed by atoms with E-state index in [0.29, 0.717) is 122 Å². The lowest BCUT2D eigenvalue weighted by atomic mass is 9.95. The molecular weight excluding hydrogens is 1010 g/mol. The topological polar surface area (TPSA) is 267 Å². The number of aliphatic hydroxyl groups is 1. The number of nitrogens with zero attached hydrogens (tertiary/aromatic N) is 7. The maximum atomic E-state index is 13.6. The van der Waals surface area contributed by atoms with Crippen LogP contribution < -0.4 is 20.6 Å². The lowest BCUT2D eigenvalue weighted by Gasteiger charge is -2.31. The number of aromatic nitrogens is 6. The highest BCUT2D eigenvalue weighted by atomic mass is 32.2. The van der Waals surface area contributed by atoms with E-state index in [9.17, 15) is 41.6 Å². The van der Waals surface area contributed by atoms with Crippen molar-refractivity contribution < 1.29 is 41.3 Å². The SMILES string of the molecule is CCCOc1ccc(S(=O)(=O)N2CCC(CCO)CC2)cc1-c1nc2c(CCC)cn(C)c2c(=O)[nH]1.CCCOc1ccc(S(=O)(=O)N2CCC(CCO[N+](=O)[O-])CC2)cc1-c1nc2c(CCC)cn(C)c2c(=O)[nH]1. The molecule has 0 radical (unpaired) electrons. The van der Waals surface area contributed by atoms with Crippen LogP contribution in [0.5, 0.6) is 11.5 Å². The molecule has 6 aromatic rings. The third-order valence-corrected chi connectivity index (χ3v) is 17.6. The van der Waals surface area contributed by atoms with Gasteiger partial charge in [0.1, 0.15) is 34.2 Å². The zero-order valence-corrected chi connectivity index (χ0v) is 45.4. The zero-order chi connectivity index (χ0) is 54.0. The number of aryl methyl sites for hydroxylation is 4. The minimum absolute atomic E-state index is 0.00390. The van der Waals surface area contributed by atoms with Crippen molar-refractivity contribution in [3.63, 3.8) is 0 Å². The van der Waals surface area contributed by atoms with E-state index in [1.54, 1.807) is 40.4 Å². The van der Waals surface area contributed by atoms with Crippen molar-refractivity contribution in [2.24, 2.45) is 25.9 Å². The van der Waals surface area contributed by atoms with Crippen LogP contribution in [0.15, 0.2) is 68.2 Å². The number of piperidine rings is 2. The van der Waals surface area contributed by atoms with Crippen LogP contribution in [0.1, 0.15) is 103 Å². The van der Waals surface area contributed by atoms with Crippen molar-refractivity contribution in [2.75, 3.05) is 52.6 Å². The number of ether oxygens (including phenoxy) is 2. The molecule has 3 N–H and O–H groups in total. The first-order chi connectivity index (χ1) is 35.9. The summed E-state index contributed by atoms with van der Waals surface area (Å²) < 4.78 is 72.6. The Morgan fingerprint density at radius 1 is 0.653 bits per heavy atom. The van der Waals surface area contributed by atoms with Gasteiger partial charge < -0.3 is 38.5 Å². The van der Waals surface area contributed by atoms with Gasteiger partial charge in [-0.2, -0.15) is 8.61 Å². The summed E-state index contributed by atoms with van der Waals surface area (Å²) in [6.45, 7) is 10.5. The summed E-state index contributed by atoms with van der Waals surface area (Å²) in [5, 5.41) is 18.8. The Bertz CT molecular complexity index is 3300. The highest BCUT2D eigenvalue weighted by molar-refractivity contribution is 7.89. The number of H-pyrrole nitrogens is 2. The third-order valence-electron chi connectivity index (χ3n) is 13.9. The molecule has 2 aromatic carbocycles. The van der Waals surface area contributed by atoms with Gasteiger partial charge in [-0.1, -0.05) is 40.5 Å². The molecule has 6 heterocycles. The molecule has 2 fully saturated rings. The monoisotopic (exact) mass is 1080 g/mol. The van der Waals surface area contributed by atoms with Crippen molar-refractivity contribution in [1.29, 1.82) is 0 Å². The van der Waals surface area contributed by atoms with Crippen molar-refractivity contribution in [1.82, 2.24) is 37.7 Å². The van der Waals surface area contributed by atoms with Gasteiger partial charge in [-0.15, -0.1) is 10.1 Å². The summed E-state index contributed by atoms with van der Waals surface area (Å²) in [7, 11) is -3.95. The molecule has 2 aliphatic rings. The largest absolute Gasteiger partial charge is 0.493 e. The van der Waals surface area contributed by atoms with Crippen LogP contribution in [0.2, 0.25) is 0 Å². The van der Waals surface area contributed by atoms with Crippen LogP contribution in [0, 0.1) is 22.0 Å². The summed E-state index contributed by atoms with van der Waals surface area (Å²) in [4.78, 5) is 56.4. The first-order valence-corrected chi connectivity index (χ1v) is 28.9. The fourth-order valence-corrected chi connectivity index (χ4v) is 12.9. The smallest absolute Gasteiger partial charge is 0.294 e. The van der Waals surface area contributed by atoms with Gasteiger partial charge in [0.2, 0.25) is 20.0 Å². The summed E-state index contributed by atoms with van der Waals surface area (Å²) in [5.74, 6) is 1.96. The summed E-state index contributed by atoms with van der Waals surface area (Å²) in [6, 6.07) is 9.42. The molecule has 0 atom stereocenters. The molecule has 4 aromatic heterocycles. The number of aliphatic hydroxyl groups excluding tert-OH is 1. The number of nitrogens with one attached hydrogen (secondary N) is 2. The molecule has 0 spiro atoms. The lowest BCUT2D eigenvalue weighted by molar-refractivity contribution is -0.758. The van der Waals surface area contributed by atoms with E-state index in [0.717, 1.165) is 62.5 Å². The first kappa shape index (κ1) is 56.6. The van der Waals surface area contributed by atoms with E-state index >= 15 is 0 Å².